The van der Waals surface area contributed by atoms with Crippen molar-refractivity contribution in [1.82, 2.24) is 38.3 Å². The molecule has 0 aliphatic heterocycles. The summed E-state index contributed by atoms with van der Waals surface area (Å²) in [6, 6.07) is 31.5. The highest BCUT2D eigenvalue weighted by Gasteiger charge is 2.25. The fraction of sp³-hybridized carbons (Fsp3) is 0.333. The summed E-state index contributed by atoms with van der Waals surface area (Å²) in [7, 11) is 0. The lowest BCUT2D eigenvalue weighted by Crippen LogP contribution is -2.09. The second-order valence-electron chi connectivity index (χ2n) is 19.9. The fourth-order valence-corrected chi connectivity index (χ4v) is 11.4. The Labute approximate surface area is 406 Å². The molecule has 0 unspecified atom stereocenters. The molecule has 9 nitrogen and oxygen atoms in total. The van der Waals surface area contributed by atoms with Crippen molar-refractivity contribution in [2.75, 3.05) is 0 Å². The van der Waals surface area contributed by atoms with Gasteiger partial charge in [-0.2, -0.15) is 19.2 Å². The minimum Gasteiger partial charge on any atom is -0.372 e. The maximum absolute atomic E-state index is 6.51. The van der Waals surface area contributed by atoms with E-state index in [0.717, 1.165) is 117 Å². The number of ether oxygens (including phenoxy) is 1. The molecule has 0 N–H and O–H groups in total. The third kappa shape index (κ3) is 8.24. The van der Waals surface area contributed by atoms with Gasteiger partial charge in [0.1, 0.15) is 11.3 Å². The number of hydrogen-bond acceptors (Lipinski definition) is 5. The van der Waals surface area contributed by atoms with Crippen molar-refractivity contribution in [3.8, 4) is 22.3 Å². The van der Waals surface area contributed by atoms with E-state index in [-0.39, 0.29) is 0 Å². The molecule has 0 atom stereocenters. The topological polar surface area (TPSA) is 79.5 Å². The van der Waals surface area contributed by atoms with Crippen LogP contribution in [0, 0.1) is 69.2 Å². The lowest BCUT2D eigenvalue weighted by atomic mass is 9.94. The molecule has 69 heavy (non-hydrogen) atoms. The van der Waals surface area contributed by atoms with E-state index in [1.807, 2.05) is 0 Å². The summed E-state index contributed by atoms with van der Waals surface area (Å²) in [6.45, 7) is 28.7. The molecular formula is C60H66N8O. The van der Waals surface area contributed by atoms with E-state index in [1.165, 1.54) is 67.0 Å². The van der Waals surface area contributed by atoms with E-state index < -0.39 is 0 Å². The highest BCUT2D eigenvalue weighted by Crippen LogP contribution is 2.38. The first-order valence-electron chi connectivity index (χ1n) is 24.9. The second kappa shape index (κ2) is 18.2. The van der Waals surface area contributed by atoms with Crippen LogP contribution in [0.15, 0.2) is 84.9 Å². The Hall–Kier alpha value is -6.84. The first-order chi connectivity index (χ1) is 33.2. The molecule has 4 aromatic carbocycles. The molecule has 0 fully saturated rings. The van der Waals surface area contributed by atoms with Crippen LogP contribution in [0.5, 0.6) is 0 Å². The maximum atomic E-state index is 6.51. The number of rotatable bonds is 14. The smallest absolute Gasteiger partial charge is 0.165 e. The Balaban J connectivity index is 0.916. The Morgan fingerprint density at radius 2 is 0.812 bits per heavy atom. The van der Waals surface area contributed by atoms with E-state index in [2.05, 4.69) is 186 Å². The Morgan fingerprint density at radius 3 is 1.19 bits per heavy atom. The van der Waals surface area contributed by atoms with Gasteiger partial charge in [0.15, 0.2) is 11.3 Å². The average Bonchev–Trinajstić information content (AvgIpc) is 4.02. The zero-order valence-electron chi connectivity index (χ0n) is 42.7. The van der Waals surface area contributed by atoms with Gasteiger partial charge < -0.3 is 13.9 Å². The minimum atomic E-state index is 0.518. The molecule has 0 radical (unpaired) electrons. The summed E-state index contributed by atoms with van der Waals surface area (Å²) in [6.07, 6.45) is 4.04. The van der Waals surface area contributed by atoms with E-state index in [4.69, 9.17) is 24.9 Å². The Morgan fingerprint density at radius 1 is 0.435 bits per heavy atom. The summed E-state index contributed by atoms with van der Waals surface area (Å²) in [5, 5.41) is 12.7. The van der Waals surface area contributed by atoms with Gasteiger partial charge in [0, 0.05) is 35.2 Å². The van der Waals surface area contributed by atoms with Crippen LogP contribution in [0.2, 0.25) is 0 Å². The number of benzene rings is 4. The van der Waals surface area contributed by atoms with Gasteiger partial charge in [-0.1, -0.05) is 111 Å². The highest BCUT2D eigenvalue weighted by atomic mass is 16.5. The average molecular weight is 915 g/mol. The molecule has 0 bridgehead atoms. The molecule has 10 aromatic rings. The lowest BCUT2D eigenvalue weighted by molar-refractivity contribution is 0.107. The van der Waals surface area contributed by atoms with Crippen molar-refractivity contribution < 1.29 is 4.74 Å². The van der Waals surface area contributed by atoms with Crippen LogP contribution >= 0.6 is 0 Å². The van der Waals surface area contributed by atoms with Gasteiger partial charge in [0.2, 0.25) is 0 Å². The van der Waals surface area contributed by atoms with Gasteiger partial charge in [-0.15, -0.1) is 0 Å². The first kappa shape index (κ1) is 45.9. The Bertz CT molecular complexity index is 3350. The number of hydrogen-bond donors (Lipinski definition) is 0. The molecule has 352 valence electrons. The molecule has 6 heterocycles. The van der Waals surface area contributed by atoms with Crippen LogP contribution in [0.3, 0.4) is 0 Å². The van der Waals surface area contributed by atoms with Crippen molar-refractivity contribution in [1.29, 1.82) is 0 Å². The number of fused-ring (bicyclic) bond motifs is 6. The fourth-order valence-electron chi connectivity index (χ4n) is 11.4. The zero-order valence-corrected chi connectivity index (χ0v) is 42.7. The molecule has 0 aliphatic rings. The monoisotopic (exact) mass is 915 g/mol. The molecule has 10 rings (SSSR count). The van der Waals surface area contributed by atoms with Crippen molar-refractivity contribution in [3.05, 3.63) is 175 Å². The summed E-state index contributed by atoms with van der Waals surface area (Å²) >= 11 is 0. The quantitative estimate of drug-likeness (QED) is 0.109. The molecule has 0 saturated heterocycles. The van der Waals surface area contributed by atoms with E-state index in [0.29, 0.717) is 13.2 Å². The number of nitrogens with zero attached hydrogens (tertiary/aromatic N) is 8. The predicted molar refractivity (Wildman–Crippen MR) is 283 cm³/mol. The molecular weight excluding hydrogens is 849 g/mol. The summed E-state index contributed by atoms with van der Waals surface area (Å²) < 4.78 is 15.7. The van der Waals surface area contributed by atoms with Gasteiger partial charge in [0.25, 0.3) is 0 Å². The van der Waals surface area contributed by atoms with Crippen LogP contribution in [-0.2, 0) is 43.9 Å². The standard InChI is InChI=1S/C60H66N8O/c1-13-17-49-29-51-41(9)61-57-55(53-37(5)23-35(3)24-38(53)6)43(11)63-67(57)59(51)65(49)31-45-19-15-21-47(27-45)33-69-34-48-22-16-20-46(28-48)32-66-50(18-14-2)30-52-42(10)62-58-56(44(12)64-68(58)60(52)66)54-39(7)25-36(4)26-40(54)8/h15-16,19-30H,13-14,17-18,31-34H2,1-12H3. The van der Waals surface area contributed by atoms with Crippen LogP contribution < -0.4 is 0 Å². The SMILES string of the molecule is CCCc1cc2c(C)nc3c(-c4c(C)cc(C)cc4C)c(C)nn3c2n1Cc1cccc(COCc2cccc(Cn3c(CCC)cc4c(C)nc5c(-c6c(C)cc(C)cc6C)c(C)nn5c43)c2)c1. The van der Waals surface area contributed by atoms with Crippen molar-refractivity contribution in [2.24, 2.45) is 0 Å². The lowest BCUT2D eigenvalue weighted by Gasteiger charge is -2.14. The molecule has 0 spiro atoms. The largest absolute Gasteiger partial charge is 0.372 e. The molecule has 6 aromatic heterocycles. The molecule has 0 aliphatic carbocycles. The third-order valence-electron chi connectivity index (χ3n) is 14.2. The van der Waals surface area contributed by atoms with Gasteiger partial charge in [-0.25, -0.2) is 9.97 Å². The van der Waals surface area contributed by atoms with Crippen LogP contribution in [0.4, 0.5) is 0 Å². The van der Waals surface area contributed by atoms with Gasteiger partial charge >= 0.3 is 0 Å². The van der Waals surface area contributed by atoms with E-state index in [1.54, 1.807) is 0 Å². The van der Waals surface area contributed by atoms with Gasteiger partial charge in [0.05, 0.1) is 47.1 Å². The first-order valence-corrected chi connectivity index (χ1v) is 24.9. The molecule has 0 amide bonds. The van der Waals surface area contributed by atoms with Crippen molar-refractivity contribution in [3.63, 3.8) is 0 Å². The van der Waals surface area contributed by atoms with Crippen LogP contribution in [0.25, 0.3) is 55.6 Å². The van der Waals surface area contributed by atoms with Crippen LogP contribution in [0.1, 0.15) is 116 Å². The maximum Gasteiger partial charge on any atom is 0.165 e. The van der Waals surface area contributed by atoms with E-state index >= 15 is 0 Å². The predicted octanol–water partition coefficient (Wildman–Crippen LogP) is 13.8. The van der Waals surface area contributed by atoms with Gasteiger partial charge in [-0.05, 0) is 150 Å². The zero-order chi connectivity index (χ0) is 48.4. The number of aryl methyl sites for hydroxylation is 12. The van der Waals surface area contributed by atoms with Gasteiger partial charge in [-0.3, -0.25) is 0 Å². The molecule has 0 saturated carbocycles. The normalized spacial score (nSPS) is 12.0. The van der Waals surface area contributed by atoms with Crippen LogP contribution in [-0.4, -0.2) is 38.3 Å². The van der Waals surface area contributed by atoms with Crippen molar-refractivity contribution >= 4 is 33.4 Å². The summed E-state index contributed by atoms with van der Waals surface area (Å²) in [4.78, 5) is 10.5. The second-order valence-corrected chi connectivity index (χ2v) is 19.9. The highest BCUT2D eigenvalue weighted by molar-refractivity contribution is 5.91. The summed E-state index contributed by atoms with van der Waals surface area (Å²) in [5.74, 6) is 0. The summed E-state index contributed by atoms with van der Waals surface area (Å²) in [5.41, 5.74) is 27.7. The van der Waals surface area contributed by atoms with Crippen molar-refractivity contribution in [2.45, 2.75) is 135 Å². The third-order valence-corrected chi connectivity index (χ3v) is 14.2. The van der Waals surface area contributed by atoms with E-state index in [9.17, 15) is 0 Å². The Kier molecular flexibility index (Phi) is 12.1. The molecule has 9 heteroatoms. The minimum absolute atomic E-state index is 0.518. The number of aromatic nitrogens is 8.